The van der Waals surface area contributed by atoms with Crippen molar-refractivity contribution in [3.8, 4) is 0 Å². The van der Waals surface area contributed by atoms with Crippen LogP contribution in [0.3, 0.4) is 0 Å². The molecule has 1 heterocycles. The average molecular weight is 200 g/mol. The smallest absolute Gasteiger partial charge is 0.224 e. The lowest BCUT2D eigenvalue weighted by Crippen LogP contribution is -2.46. The first-order valence-corrected chi connectivity index (χ1v) is 5.21. The van der Waals surface area contributed by atoms with E-state index in [2.05, 4.69) is 5.32 Å². The van der Waals surface area contributed by atoms with Crippen LogP contribution in [0.5, 0.6) is 0 Å². The Kier molecular flexibility index (Phi) is 4.90. The molecule has 1 rings (SSSR count). The topological polar surface area (TPSA) is 41.6 Å². The molecule has 14 heavy (non-hydrogen) atoms. The van der Waals surface area contributed by atoms with Crippen molar-refractivity contribution >= 4 is 5.91 Å². The fraction of sp³-hybridized carbons (Fsp3) is 0.900. The number of likely N-dealkylation sites (N-methyl/N-ethyl adjacent to an activating group) is 1. The quantitative estimate of drug-likeness (QED) is 0.706. The van der Waals surface area contributed by atoms with E-state index in [1.165, 1.54) is 0 Å². The van der Waals surface area contributed by atoms with Gasteiger partial charge in [0.1, 0.15) is 0 Å². The summed E-state index contributed by atoms with van der Waals surface area (Å²) >= 11 is 0. The van der Waals surface area contributed by atoms with Crippen molar-refractivity contribution in [1.82, 2.24) is 10.2 Å². The van der Waals surface area contributed by atoms with E-state index in [0.29, 0.717) is 19.1 Å². The van der Waals surface area contributed by atoms with Crippen LogP contribution in [0.2, 0.25) is 0 Å². The standard InChI is InChI=1S/C10H20N2O2/c1-12(10(13)5-7-14-2)9-4-3-6-11-8-9/h9,11H,3-8H2,1-2H3. The lowest BCUT2D eigenvalue weighted by atomic mass is 10.1. The number of carbonyl (C=O) groups excluding carboxylic acids is 1. The number of hydrogen-bond acceptors (Lipinski definition) is 3. The van der Waals surface area contributed by atoms with Crippen molar-refractivity contribution in [2.75, 3.05) is 33.9 Å². The van der Waals surface area contributed by atoms with E-state index in [-0.39, 0.29) is 5.91 Å². The van der Waals surface area contributed by atoms with Gasteiger partial charge < -0.3 is 15.0 Å². The highest BCUT2D eigenvalue weighted by Crippen LogP contribution is 2.09. The van der Waals surface area contributed by atoms with Gasteiger partial charge in [-0.2, -0.15) is 0 Å². The van der Waals surface area contributed by atoms with E-state index in [0.717, 1.165) is 25.9 Å². The molecule has 4 nitrogen and oxygen atoms in total. The summed E-state index contributed by atoms with van der Waals surface area (Å²) in [4.78, 5) is 13.5. The Bertz CT molecular complexity index is 179. The molecule has 0 aromatic heterocycles. The van der Waals surface area contributed by atoms with Crippen molar-refractivity contribution in [3.05, 3.63) is 0 Å². The summed E-state index contributed by atoms with van der Waals surface area (Å²) in [6.07, 6.45) is 2.76. The van der Waals surface area contributed by atoms with Gasteiger partial charge >= 0.3 is 0 Å². The molecule has 1 aliphatic heterocycles. The van der Waals surface area contributed by atoms with Crippen LogP contribution in [0.4, 0.5) is 0 Å². The number of rotatable bonds is 4. The third kappa shape index (κ3) is 3.27. The van der Waals surface area contributed by atoms with Crippen LogP contribution >= 0.6 is 0 Å². The number of nitrogens with zero attached hydrogens (tertiary/aromatic N) is 1. The van der Waals surface area contributed by atoms with Crippen molar-refractivity contribution < 1.29 is 9.53 Å². The largest absolute Gasteiger partial charge is 0.384 e. The van der Waals surface area contributed by atoms with E-state index in [4.69, 9.17) is 4.74 Å². The van der Waals surface area contributed by atoms with Gasteiger partial charge in [0.15, 0.2) is 0 Å². The van der Waals surface area contributed by atoms with Gasteiger partial charge in [-0.25, -0.2) is 0 Å². The minimum absolute atomic E-state index is 0.181. The molecule has 1 unspecified atom stereocenters. The molecule has 1 N–H and O–H groups in total. The Labute approximate surface area is 85.6 Å². The first kappa shape index (κ1) is 11.5. The number of piperidine rings is 1. The summed E-state index contributed by atoms with van der Waals surface area (Å²) in [6, 6.07) is 0.369. The summed E-state index contributed by atoms with van der Waals surface area (Å²) < 4.78 is 4.89. The van der Waals surface area contributed by atoms with E-state index in [1.807, 2.05) is 11.9 Å². The zero-order chi connectivity index (χ0) is 10.4. The van der Waals surface area contributed by atoms with Gasteiger partial charge in [-0.15, -0.1) is 0 Å². The van der Waals surface area contributed by atoms with Crippen molar-refractivity contribution in [1.29, 1.82) is 0 Å². The molecule has 1 fully saturated rings. The maximum absolute atomic E-state index is 11.6. The van der Waals surface area contributed by atoms with Crippen LogP contribution in [0.1, 0.15) is 19.3 Å². The fourth-order valence-corrected chi connectivity index (χ4v) is 1.73. The summed E-state index contributed by atoms with van der Waals surface area (Å²) in [6.45, 7) is 2.52. The van der Waals surface area contributed by atoms with E-state index in [1.54, 1.807) is 7.11 Å². The second-order valence-corrected chi connectivity index (χ2v) is 3.75. The van der Waals surface area contributed by atoms with E-state index >= 15 is 0 Å². The van der Waals surface area contributed by atoms with Crippen LogP contribution in [-0.2, 0) is 9.53 Å². The zero-order valence-electron chi connectivity index (χ0n) is 9.08. The number of nitrogens with one attached hydrogen (secondary N) is 1. The maximum atomic E-state index is 11.6. The van der Waals surface area contributed by atoms with Crippen molar-refractivity contribution in [2.24, 2.45) is 0 Å². The maximum Gasteiger partial charge on any atom is 0.224 e. The second kappa shape index (κ2) is 5.98. The zero-order valence-corrected chi connectivity index (χ0v) is 9.08. The number of carbonyl (C=O) groups is 1. The van der Waals surface area contributed by atoms with Crippen LogP contribution in [0, 0.1) is 0 Å². The van der Waals surface area contributed by atoms with Gasteiger partial charge in [0, 0.05) is 26.7 Å². The van der Waals surface area contributed by atoms with Gasteiger partial charge in [-0.05, 0) is 19.4 Å². The van der Waals surface area contributed by atoms with E-state index in [9.17, 15) is 4.79 Å². The first-order valence-electron chi connectivity index (χ1n) is 5.21. The molecule has 1 aliphatic rings. The monoisotopic (exact) mass is 200 g/mol. The molecule has 0 aliphatic carbocycles. The molecular formula is C10H20N2O2. The summed E-state index contributed by atoms with van der Waals surface area (Å²) in [5, 5.41) is 3.30. The Morgan fingerprint density at radius 3 is 3.00 bits per heavy atom. The minimum Gasteiger partial charge on any atom is -0.384 e. The molecule has 1 amide bonds. The van der Waals surface area contributed by atoms with Crippen LogP contribution in [0.25, 0.3) is 0 Å². The van der Waals surface area contributed by atoms with Crippen LogP contribution in [-0.4, -0.2) is 50.7 Å². The van der Waals surface area contributed by atoms with Crippen LogP contribution < -0.4 is 5.32 Å². The lowest BCUT2D eigenvalue weighted by molar-refractivity contribution is -0.133. The van der Waals surface area contributed by atoms with E-state index < -0.39 is 0 Å². The highest BCUT2D eigenvalue weighted by Gasteiger charge is 2.21. The SMILES string of the molecule is COCCC(=O)N(C)C1CCCNC1. The first-order chi connectivity index (χ1) is 6.75. The molecule has 1 atom stereocenters. The summed E-state index contributed by atoms with van der Waals surface area (Å²) in [5.74, 6) is 0.181. The minimum atomic E-state index is 0.181. The Balaban J connectivity index is 2.30. The number of ether oxygens (including phenoxy) is 1. The third-order valence-corrected chi connectivity index (χ3v) is 2.73. The van der Waals surface area contributed by atoms with Crippen molar-refractivity contribution in [2.45, 2.75) is 25.3 Å². The molecule has 0 aromatic rings. The van der Waals surface area contributed by atoms with Gasteiger partial charge in [0.25, 0.3) is 0 Å². The molecule has 0 spiro atoms. The molecular weight excluding hydrogens is 180 g/mol. The predicted octanol–water partition coefficient (Wildman–Crippen LogP) is 0.233. The molecule has 0 aromatic carbocycles. The van der Waals surface area contributed by atoms with Gasteiger partial charge in [-0.3, -0.25) is 4.79 Å². The van der Waals surface area contributed by atoms with Gasteiger partial charge in [-0.1, -0.05) is 0 Å². The number of methoxy groups -OCH3 is 1. The molecule has 0 bridgehead atoms. The number of amides is 1. The fourth-order valence-electron chi connectivity index (χ4n) is 1.73. The molecule has 1 saturated heterocycles. The third-order valence-electron chi connectivity index (χ3n) is 2.73. The Morgan fingerprint density at radius 1 is 1.64 bits per heavy atom. The lowest BCUT2D eigenvalue weighted by Gasteiger charge is -2.31. The Morgan fingerprint density at radius 2 is 2.43 bits per heavy atom. The molecule has 4 heteroatoms. The van der Waals surface area contributed by atoms with Crippen LogP contribution in [0.15, 0.2) is 0 Å². The molecule has 82 valence electrons. The summed E-state index contributed by atoms with van der Waals surface area (Å²) in [5.41, 5.74) is 0. The highest BCUT2D eigenvalue weighted by atomic mass is 16.5. The normalized spacial score (nSPS) is 22.0. The second-order valence-electron chi connectivity index (χ2n) is 3.75. The molecule has 0 radical (unpaired) electrons. The van der Waals surface area contributed by atoms with Gasteiger partial charge in [0.2, 0.25) is 5.91 Å². The highest BCUT2D eigenvalue weighted by molar-refractivity contribution is 5.76. The number of hydrogen-bond donors (Lipinski definition) is 1. The predicted molar refractivity (Wildman–Crippen MR) is 55.2 cm³/mol. The molecule has 0 saturated carbocycles. The average Bonchev–Trinajstić information content (AvgIpc) is 2.26. The van der Waals surface area contributed by atoms with Crippen molar-refractivity contribution in [3.63, 3.8) is 0 Å². The summed E-state index contributed by atoms with van der Waals surface area (Å²) in [7, 11) is 3.51. The van der Waals surface area contributed by atoms with Gasteiger partial charge in [0.05, 0.1) is 13.0 Å². The Hall–Kier alpha value is -0.610.